The Morgan fingerprint density at radius 3 is 2.62 bits per heavy atom. The summed E-state index contributed by atoms with van der Waals surface area (Å²) in [6, 6.07) is 2.34. The number of hydrogen-bond donors (Lipinski definition) is 2. The second kappa shape index (κ2) is 7.14. The maximum Gasteiger partial charge on any atom is 0.338 e. The summed E-state index contributed by atoms with van der Waals surface area (Å²) in [4.78, 5) is 21.8. The lowest BCUT2D eigenvalue weighted by molar-refractivity contribution is -0.118. The average molecular weight is 319 g/mol. The van der Waals surface area contributed by atoms with Gasteiger partial charge < -0.3 is 15.2 Å². The molecule has 0 saturated carbocycles. The summed E-state index contributed by atoms with van der Waals surface area (Å²) >= 11 is 0. The molecule has 0 fully saturated rings. The Labute approximate surface area is 120 Å². The zero-order chi connectivity index (χ0) is 16.0. The lowest BCUT2D eigenvalue weighted by Crippen LogP contribution is -2.32. The van der Waals surface area contributed by atoms with Gasteiger partial charge in [0.1, 0.15) is 11.6 Å². The highest BCUT2D eigenvalue weighted by atomic mass is 32.2. The molecule has 0 aliphatic rings. The number of amides is 1. The summed E-state index contributed by atoms with van der Waals surface area (Å²) in [5.41, 5.74) is -0.768. The van der Waals surface area contributed by atoms with Gasteiger partial charge in [0.25, 0.3) is 0 Å². The van der Waals surface area contributed by atoms with Crippen molar-refractivity contribution in [2.45, 2.75) is 4.90 Å². The molecule has 1 amide bonds. The Morgan fingerprint density at radius 2 is 2.05 bits per heavy atom. The van der Waals surface area contributed by atoms with Crippen LogP contribution in [0, 0.1) is 5.82 Å². The van der Waals surface area contributed by atoms with Gasteiger partial charge in [-0.25, -0.2) is 17.6 Å². The molecule has 0 atom stereocenters. The number of sulfone groups is 1. The second-order valence-corrected chi connectivity index (χ2v) is 6.04. The number of benzene rings is 1. The van der Waals surface area contributed by atoms with Crippen LogP contribution in [0.25, 0.3) is 0 Å². The van der Waals surface area contributed by atoms with E-state index in [1.54, 1.807) is 0 Å². The van der Waals surface area contributed by atoms with Crippen LogP contribution in [-0.2, 0) is 19.4 Å². The fourth-order valence-electron chi connectivity index (χ4n) is 1.46. The van der Waals surface area contributed by atoms with Gasteiger partial charge in [-0.3, -0.25) is 4.79 Å². The lowest BCUT2D eigenvalue weighted by atomic mass is 10.2. The Morgan fingerprint density at radius 1 is 1.38 bits per heavy atom. The monoisotopic (exact) mass is 319 g/mol. The van der Waals surface area contributed by atoms with Crippen molar-refractivity contribution in [1.82, 2.24) is 5.32 Å². The highest BCUT2D eigenvalue weighted by Crippen LogP contribution is 2.16. The zero-order valence-electron chi connectivity index (χ0n) is 11.1. The quantitative estimate of drug-likeness (QED) is 0.543. The molecule has 0 heterocycles. The molecule has 21 heavy (non-hydrogen) atoms. The number of methoxy groups -OCH3 is 1. The number of rotatable bonds is 7. The minimum atomic E-state index is -4.05. The van der Waals surface area contributed by atoms with E-state index in [0.29, 0.717) is 6.07 Å². The number of aromatic carboxylic acids is 1. The average Bonchev–Trinajstić information content (AvgIpc) is 2.38. The van der Waals surface area contributed by atoms with Crippen LogP contribution in [0.15, 0.2) is 23.1 Å². The molecule has 0 unspecified atom stereocenters. The Bertz CT molecular complexity index is 643. The number of hydrogen-bond acceptors (Lipinski definition) is 5. The van der Waals surface area contributed by atoms with Gasteiger partial charge in [-0.05, 0) is 18.2 Å². The Hall–Kier alpha value is -2.00. The minimum absolute atomic E-state index is 0.147. The number of nitrogens with one attached hydrogen (secondary N) is 1. The van der Waals surface area contributed by atoms with Crippen LogP contribution in [0.4, 0.5) is 4.39 Å². The van der Waals surface area contributed by atoms with Gasteiger partial charge in [0, 0.05) is 13.7 Å². The van der Waals surface area contributed by atoms with Crippen molar-refractivity contribution in [1.29, 1.82) is 0 Å². The first kappa shape index (κ1) is 17.1. The van der Waals surface area contributed by atoms with E-state index in [-0.39, 0.29) is 13.2 Å². The molecule has 0 saturated heterocycles. The van der Waals surface area contributed by atoms with Gasteiger partial charge in [-0.2, -0.15) is 0 Å². The first-order valence-corrected chi connectivity index (χ1v) is 7.44. The molecular formula is C12H14FNO6S. The predicted octanol–water partition coefficient (Wildman–Crippen LogP) is 0.0602. The van der Waals surface area contributed by atoms with Gasteiger partial charge in [-0.15, -0.1) is 0 Å². The predicted molar refractivity (Wildman–Crippen MR) is 70.3 cm³/mol. The van der Waals surface area contributed by atoms with Crippen LogP contribution < -0.4 is 5.32 Å². The number of ether oxygens (including phenoxy) is 1. The molecule has 0 aliphatic carbocycles. The van der Waals surface area contributed by atoms with Crippen molar-refractivity contribution < 1.29 is 32.2 Å². The summed E-state index contributed by atoms with van der Waals surface area (Å²) in [5, 5.41) is 11.1. The largest absolute Gasteiger partial charge is 0.478 e. The number of carboxylic acids is 1. The minimum Gasteiger partial charge on any atom is -0.478 e. The third-order valence-electron chi connectivity index (χ3n) is 2.48. The summed E-state index contributed by atoms with van der Waals surface area (Å²) in [6.45, 7) is 0.375. The molecule has 0 radical (unpaired) electrons. The van der Waals surface area contributed by atoms with Gasteiger partial charge in [0.15, 0.2) is 9.84 Å². The van der Waals surface area contributed by atoms with Crippen LogP contribution in [0.5, 0.6) is 0 Å². The molecule has 0 aliphatic heterocycles. The fourth-order valence-corrected chi connectivity index (χ4v) is 2.65. The fraction of sp³-hybridized carbons (Fsp3) is 0.333. The van der Waals surface area contributed by atoms with Crippen molar-refractivity contribution in [2.24, 2.45) is 0 Å². The second-order valence-electron chi connectivity index (χ2n) is 4.05. The molecule has 1 rings (SSSR count). The number of carbonyl (C=O) groups excluding carboxylic acids is 1. The molecular weight excluding hydrogens is 305 g/mol. The van der Waals surface area contributed by atoms with Gasteiger partial charge in [0.2, 0.25) is 5.91 Å². The van der Waals surface area contributed by atoms with E-state index in [9.17, 15) is 22.4 Å². The van der Waals surface area contributed by atoms with E-state index in [4.69, 9.17) is 9.84 Å². The third kappa shape index (κ3) is 4.80. The maximum absolute atomic E-state index is 13.2. The van der Waals surface area contributed by atoms with Crippen LogP contribution in [0.1, 0.15) is 10.4 Å². The van der Waals surface area contributed by atoms with Crippen molar-refractivity contribution in [3.8, 4) is 0 Å². The van der Waals surface area contributed by atoms with Gasteiger partial charge in [0.05, 0.1) is 17.1 Å². The topological polar surface area (TPSA) is 110 Å². The normalized spacial score (nSPS) is 11.1. The van der Waals surface area contributed by atoms with Crippen molar-refractivity contribution in [2.75, 3.05) is 26.0 Å². The van der Waals surface area contributed by atoms with Crippen molar-refractivity contribution in [3.05, 3.63) is 29.6 Å². The Balaban J connectivity index is 2.90. The first-order chi connectivity index (χ1) is 9.77. The summed E-state index contributed by atoms with van der Waals surface area (Å²) in [5.74, 6) is -4.25. The van der Waals surface area contributed by atoms with E-state index in [2.05, 4.69) is 5.32 Å². The van der Waals surface area contributed by atoms with E-state index in [1.165, 1.54) is 7.11 Å². The van der Waals surface area contributed by atoms with E-state index in [0.717, 1.165) is 12.1 Å². The summed E-state index contributed by atoms with van der Waals surface area (Å²) in [6.07, 6.45) is 0. The van der Waals surface area contributed by atoms with Gasteiger partial charge >= 0.3 is 5.97 Å². The molecule has 0 bridgehead atoms. The molecule has 0 spiro atoms. The summed E-state index contributed by atoms with van der Waals surface area (Å²) in [7, 11) is -2.63. The lowest BCUT2D eigenvalue weighted by Gasteiger charge is -2.07. The summed E-state index contributed by atoms with van der Waals surface area (Å²) < 4.78 is 41.8. The number of halogens is 1. The molecule has 9 heteroatoms. The SMILES string of the molecule is COCCNC(=O)CS(=O)(=O)c1ccc(F)c(C(=O)O)c1. The maximum atomic E-state index is 13.2. The standard InChI is InChI=1S/C12H14FNO6S/c1-20-5-4-14-11(15)7-21(18,19)8-2-3-10(13)9(6-8)12(16)17/h2-3,6H,4-5,7H2,1H3,(H,14,15)(H,16,17). The molecule has 116 valence electrons. The van der Waals surface area contributed by atoms with E-state index < -0.39 is 43.7 Å². The molecule has 1 aromatic rings. The van der Waals surface area contributed by atoms with E-state index in [1.807, 2.05) is 0 Å². The van der Waals surface area contributed by atoms with Gasteiger partial charge in [-0.1, -0.05) is 0 Å². The van der Waals surface area contributed by atoms with Crippen LogP contribution in [0.3, 0.4) is 0 Å². The highest BCUT2D eigenvalue weighted by Gasteiger charge is 2.22. The smallest absolute Gasteiger partial charge is 0.338 e. The zero-order valence-corrected chi connectivity index (χ0v) is 11.9. The van der Waals surface area contributed by atoms with Crippen molar-refractivity contribution >= 4 is 21.7 Å². The van der Waals surface area contributed by atoms with E-state index >= 15 is 0 Å². The van der Waals surface area contributed by atoms with Crippen LogP contribution >= 0.6 is 0 Å². The molecule has 7 nitrogen and oxygen atoms in total. The highest BCUT2D eigenvalue weighted by molar-refractivity contribution is 7.92. The van der Waals surface area contributed by atoms with Crippen molar-refractivity contribution in [3.63, 3.8) is 0 Å². The van der Waals surface area contributed by atoms with Crippen LogP contribution in [0.2, 0.25) is 0 Å². The third-order valence-corrected chi connectivity index (χ3v) is 4.09. The first-order valence-electron chi connectivity index (χ1n) is 5.79. The van der Waals surface area contributed by atoms with Crippen LogP contribution in [-0.4, -0.2) is 51.4 Å². The Kier molecular flexibility index (Phi) is 5.79. The molecule has 1 aromatic carbocycles. The molecule has 0 aromatic heterocycles. The number of carbonyl (C=O) groups is 2. The molecule has 2 N–H and O–H groups in total. The number of carboxylic acid groups (broad SMARTS) is 1.